The van der Waals surface area contributed by atoms with Gasteiger partial charge in [0.05, 0.1) is 17.8 Å². The standard InChI is InChI=1S/C66H95N5O5.C49H62N6O3/c1-59(2,3)42-36-50(73)43(60(4,5)6)35-41(42)52(40-33-48(65(19,20)21)55(76)49(34-40)66(22,23)24)57-67-56(68-58(69-57)71-27-25-70(37-72)26-28-71)51(38-29-44(61(7,8)9)53(74)45(30-38)62(10,11)12)39-31-46(63(13,14)15)54(75)47(32-39)64(16,17)18;1-46(2,3)36-27-32(28-37(41(36)57)47(4,5)6)40(33-29-38(48(7,8)9)42(58)39(30-33)49(10,11)12)43-50-44(54-25-23-53(31-56)24-26-54)52-45(51-43)55(34-19-15-13-16-20-34)35-21-17-14-18-22-35/h29-37,51-52,73-76H,25-28H2,1-24H3;13-22,27-31,40,57-58H,23-26H2,1-12H3. The summed E-state index contributed by atoms with van der Waals surface area (Å²) >= 11 is 0. The molecule has 1 unspecified atom stereocenters. The first kappa shape index (κ1) is 103. The Labute approximate surface area is 801 Å². The van der Waals surface area contributed by atoms with Crippen molar-refractivity contribution in [1.29, 1.82) is 0 Å². The van der Waals surface area contributed by atoms with E-state index in [-0.39, 0.29) is 23.0 Å². The van der Waals surface area contributed by atoms with Crippen LogP contribution in [0.25, 0.3) is 0 Å². The highest BCUT2D eigenvalue weighted by molar-refractivity contribution is 5.74. The molecule has 0 spiro atoms. The quantitative estimate of drug-likeness (QED) is 0.0492. The fourth-order valence-corrected chi connectivity index (χ4v) is 18.5. The minimum absolute atomic E-state index is 0.217. The second-order valence-corrected chi connectivity index (χ2v) is 50.0. The van der Waals surface area contributed by atoms with Gasteiger partial charge in [0.15, 0.2) is 0 Å². The van der Waals surface area contributed by atoms with Crippen LogP contribution >= 0.6 is 0 Å². The molecule has 0 aliphatic carbocycles. The lowest BCUT2D eigenvalue weighted by molar-refractivity contribution is -0.119. The van der Waals surface area contributed by atoms with Gasteiger partial charge in [-0.2, -0.15) is 24.9 Å². The lowest BCUT2D eigenvalue weighted by Gasteiger charge is -2.35. The van der Waals surface area contributed by atoms with E-state index in [0.717, 1.165) is 124 Å². The normalized spacial score (nSPS) is 14.8. The van der Waals surface area contributed by atoms with Crippen LogP contribution in [0, 0.1) is 0 Å². The van der Waals surface area contributed by atoms with E-state index >= 15 is 0 Å². The fourth-order valence-electron chi connectivity index (χ4n) is 18.5. The lowest BCUT2D eigenvalue weighted by atomic mass is 9.72. The SMILES string of the molecule is CC(C)(C)c1cc(C(c2cc(C(C)(C)C)c(O)c(C(C)(C)C)c2)c2nc(C(c3cc(C(C)(C)C)c(O)c(C(C)(C)C)c3)c3cc(C(C)(C)C)c(O)c(C(C)(C)C)c3)nc(N3CCN(C=O)CC3)n2)c(C(C)(C)C)cc1O.CC(C)(C)c1cc(C(c2cc(C(C)(C)C)c(O)c(C(C)(C)C)c2)c2nc(N3CCN(C=O)CC3)nc(N(c3ccccc3)c3ccccc3)n2)cc(C(C)(C)C)c1O. The molecular formula is C115H157N11O8. The molecule has 19 heteroatoms. The maximum absolute atomic E-state index is 12.3. The zero-order chi connectivity index (χ0) is 100.0. The topological polar surface area (TPSA) is 249 Å². The van der Waals surface area contributed by atoms with Crippen LogP contribution < -0.4 is 14.7 Å². The average molecular weight is 1820 g/mol. The van der Waals surface area contributed by atoms with Crippen LogP contribution in [0.2, 0.25) is 0 Å². The third-order valence-electron chi connectivity index (χ3n) is 26.3. The van der Waals surface area contributed by atoms with Gasteiger partial charge >= 0.3 is 0 Å². The van der Waals surface area contributed by atoms with E-state index in [9.17, 15) is 40.2 Å². The van der Waals surface area contributed by atoms with Crippen molar-refractivity contribution in [3.05, 3.63) is 251 Å². The molecule has 19 nitrogen and oxygen atoms in total. The number of hydrogen-bond acceptors (Lipinski definition) is 17. The van der Waals surface area contributed by atoms with E-state index in [1.54, 1.807) is 9.80 Å². The second-order valence-electron chi connectivity index (χ2n) is 50.0. The fraction of sp³-hybridized carbons (Fsp3) is 0.513. The van der Waals surface area contributed by atoms with E-state index in [1.807, 2.05) is 66.7 Å². The summed E-state index contributed by atoms with van der Waals surface area (Å²) in [6.07, 6.45) is 1.80. The Balaban J connectivity index is 0.000000267. The molecule has 134 heavy (non-hydrogen) atoms. The Morgan fingerprint density at radius 2 is 0.485 bits per heavy atom. The number of para-hydroxylation sites is 2. The van der Waals surface area contributed by atoms with Crippen LogP contribution in [0.4, 0.5) is 29.2 Å². The molecule has 1 atom stereocenters. The summed E-state index contributed by atoms with van der Waals surface area (Å²) in [6, 6.07) is 45.5. The summed E-state index contributed by atoms with van der Waals surface area (Å²) in [4.78, 5) is 67.1. The summed E-state index contributed by atoms with van der Waals surface area (Å²) in [5.74, 6) is 2.66. The average Bonchev–Trinajstić information content (AvgIpc) is 0.769. The molecule has 8 aromatic carbocycles. The van der Waals surface area contributed by atoms with Crippen molar-refractivity contribution in [3.63, 3.8) is 0 Å². The Kier molecular flexibility index (Phi) is 28.7. The maximum atomic E-state index is 12.3. The largest absolute Gasteiger partial charge is 0.508 e. The molecule has 0 radical (unpaired) electrons. The number of benzene rings is 8. The number of rotatable bonds is 16. The number of piperazine rings is 2. The van der Waals surface area contributed by atoms with E-state index in [1.165, 1.54) is 0 Å². The number of amides is 2. The van der Waals surface area contributed by atoms with Gasteiger partial charge in [-0.15, -0.1) is 0 Å². The van der Waals surface area contributed by atoms with Crippen molar-refractivity contribution in [3.8, 4) is 34.5 Å². The molecule has 2 aliphatic rings. The first-order chi connectivity index (χ1) is 61.4. The Morgan fingerprint density at radius 3 is 0.724 bits per heavy atom. The van der Waals surface area contributed by atoms with Gasteiger partial charge in [-0.05, 0) is 195 Å². The van der Waals surface area contributed by atoms with Crippen molar-refractivity contribution in [2.24, 2.45) is 0 Å². The summed E-state index contributed by atoms with van der Waals surface area (Å²) in [5.41, 5.74) is 11.8. The zero-order valence-electron chi connectivity index (χ0n) is 87.7. The van der Waals surface area contributed by atoms with Gasteiger partial charge in [-0.25, -0.2) is 4.98 Å². The highest BCUT2D eigenvalue weighted by Gasteiger charge is 2.42. The monoisotopic (exact) mass is 1820 g/mol. The molecule has 2 aromatic heterocycles. The number of carbonyl (C=O) groups is 2. The molecule has 2 saturated heterocycles. The van der Waals surface area contributed by atoms with Crippen LogP contribution in [0.3, 0.4) is 0 Å². The lowest BCUT2D eigenvalue weighted by Crippen LogP contribution is -2.46. The van der Waals surface area contributed by atoms with Crippen LogP contribution in [-0.4, -0.2) is 136 Å². The predicted molar refractivity (Wildman–Crippen MR) is 550 cm³/mol. The van der Waals surface area contributed by atoms with Gasteiger partial charge in [0.2, 0.25) is 30.7 Å². The molecular weight excluding hydrogens is 1660 g/mol. The van der Waals surface area contributed by atoms with Crippen molar-refractivity contribution < 1.29 is 40.2 Å². The minimum Gasteiger partial charge on any atom is -0.508 e. The Morgan fingerprint density at radius 1 is 0.261 bits per heavy atom. The number of phenols is 6. The molecule has 12 rings (SSSR count). The Hall–Kier alpha value is -11.1. The predicted octanol–water partition coefficient (Wildman–Crippen LogP) is 25.1. The van der Waals surface area contributed by atoms with Crippen LogP contribution in [0.1, 0.15) is 385 Å². The molecule has 6 N–H and O–H groups in total. The highest BCUT2D eigenvalue weighted by atomic mass is 16.3. The summed E-state index contributed by atoms with van der Waals surface area (Å²) in [7, 11) is 0. The van der Waals surface area contributed by atoms with Crippen molar-refractivity contribution in [1.82, 2.24) is 39.7 Å². The van der Waals surface area contributed by atoms with Crippen molar-refractivity contribution >= 4 is 42.0 Å². The number of aromatic nitrogens is 6. The third kappa shape index (κ3) is 22.7. The molecule has 10 aromatic rings. The summed E-state index contributed by atoms with van der Waals surface area (Å²) in [5, 5.41) is 72.8. The number of nitrogens with zero attached hydrogens (tertiary/aromatic N) is 11. The van der Waals surface area contributed by atoms with Crippen molar-refractivity contribution in [2.75, 3.05) is 67.1 Å². The van der Waals surface area contributed by atoms with Crippen LogP contribution in [-0.2, 0) is 74.6 Å². The maximum Gasteiger partial charge on any atom is 0.239 e. The van der Waals surface area contributed by atoms with Gasteiger partial charge in [0.25, 0.3) is 0 Å². The minimum atomic E-state index is -0.665. The van der Waals surface area contributed by atoms with E-state index in [4.69, 9.17) is 29.9 Å². The van der Waals surface area contributed by atoms with E-state index in [2.05, 4.69) is 331 Å². The molecule has 2 amide bonds. The highest BCUT2D eigenvalue weighted by Crippen LogP contribution is 2.54. The van der Waals surface area contributed by atoms with Crippen LogP contribution in [0.15, 0.2) is 133 Å². The van der Waals surface area contributed by atoms with Gasteiger partial charge < -0.3 is 50.2 Å². The van der Waals surface area contributed by atoms with E-state index < -0.39 is 82.7 Å². The smallest absolute Gasteiger partial charge is 0.239 e. The molecule has 4 heterocycles. The summed E-state index contributed by atoms with van der Waals surface area (Å²) < 4.78 is 0. The van der Waals surface area contributed by atoms with Gasteiger partial charge in [0.1, 0.15) is 52.0 Å². The number of aromatic hydroxyl groups is 6. The zero-order valence-corrected chi connectivity index (χ0v) is 87.7. The molecule has 0 bridgehead atoms. The van der Waals surface area contributed by atoms with Crippen molar-refractivity contribution in [2.45, 2.75) is 332 Å². The molecule has 2 aliphatic heterocycles. The van der Waals surface area contributed by atoms with E-state index in [0.29, 0.717) is 99.2 Å². The van der Waals surface area contributed by atoms with Gasteiger partial charge in [-0.3, -0.25) is 14.5 Å². The third-order valence-corrected chi connectivity index (χ3v) is 26.3. The molecule has 2 fully saturated rings. The molecule has 0 saturated carbocycles. The first-order valence-corrected chi connectivity index (χ1v) is 48.0. The number of phenolic OH excluding ortho intramolecular Hbond substituents is 6. The molecule has 720 valence electrons. The van der Waals surface area contributed by atoms with Gasteiger partial charge in [0, 0.05) is 63.7 Å². The second kappa shape index (κ2) is 37.2. The number of anilines is 5. The summed E-state index contributed by atoms with van der Waals surface area (Å²) in [6.45, 7) is 80.7. The first-order valence-electron chi connectivity index (χ1n) is 48.0. The number of carbonyl (C=O) groups excluding carboxylic acids is 2. The Bertz CT molecular complexity index is 5560. The van der Waals surface area contributed by atoms with Crippen LogP contribution in [0.5, 0.6) is 34.5 Å². The van der Waals surface area contributed by atoms with Gasteiger partial charge in [-0.1, -0.05) is 352 Å². The number of hydrogen-bond donors (Lipinski definition) is 6.